The minimum Gasteiger partial charge on any atom is -0.484 e. The highest BCUT2D eigenvalue weighted by molar-refractivity contribution is 5.78. The summed E-state index contributed by atoms with van der Waals surface area (Å²) in [5, 5.41) is 2.91. The lowest BCUT2D eigenvalue weighted by atomic mass is 10.1. The first-order chi connectivity index (χ1) is 13.7. The van der Waals surface area contributed by atoms with E-state index >= 15 is 0 Å². The smallest absolute Gasteiger partial charge is 0.258 e. The highest BCUT2D eigenvalue weighted by Crippen LogP contribution is 2.26. The number of hydrogen-bond acceptors (Lipinski definition) is 3. The summed E-state index contributed by atoms with van der Waals surface area (Å²) in [6.45, 7) is 1.94. The van der Waals surface area contributed by atoms with Crippen molar-refractivity contribution >= 4 is 11.8 Å². The third kappa shape index (κ3) is 4.53. The minimum absolute atomic E-state index is 0.0146. The molecule has 1 aliphatic carbocycles. The zero-order valence-corrected chi connectivity index (χ0v) is 16.1. The molecule has 2 aromatic carbocycles. The molecule has 0 saturated carbocycles. The maximum atomic E-state index is 12.1. The zero-order chi connectivity index (χ0) is 19.3. The van der Waals surface area contributed by atoms with Crippen LogP contribution in [0.4, 0.5) is 0 Å². The second-order valence-electron chi connectivity index (χ2n) is 7.59. The number of rotatable bonds is 7. The lowest BCUT2D eigenvalue weighted by Crippen LogP contribution is -2.28. The Balaban J connectivity index is 1.25. The van der Waals surface area contributed by atoms with E-state index in [0.29, 0.717) is 19.5 Å². The summed E-state index contributed by atoms with van der Waals surface area (Å²) in [6.07, 6.45) is 5.03. The molecule has 5 nitrogen and oxygen atoms in total. The standard InChI is InChI=1S/C23H26N2O3/c26-22(16-28-21-10-9-19-6-2-7-20(19)13-21)24-14-17-4-1-5-18(12-17)15-25-11-3-8-23(25)27/h1,4-5,9-10,12-13H,2-3,6-8,11,14-16H2,(H,24,26). The van der Waals surface area contributed by atoms with Crippen LogP contribution in [0.15, 0.2) is 42.5 Å². The van der Waals surface area contributed by atoms with E-state index < -0.39 is 0 Å². The average molecular weight is 378 g/mol. The van der Waals surface area contributed by atoms with Crippen LogP contribution in [0.2, 0.25) is 0 Å². The van der Waals surface area contributed by atoms with Crippen molar-refractivity contribution in [2.75, 3.05) is 13.2 Å². The van der Waals surface area contributed by atoms with Gasteiger partial charge in [0.1, 0.15) is 5.75 Å². The van der Waals surface area contributed by atoms with Crippen LogP contribution in [-0.4, -0.2) is 29.9 Å². The summed E-state index contributed by atoms with van der Waals surface area (Å²) >= 11 is 0. The van der Waals surface area contributed by atoms with Crippen molar-refractivity contribution in [3.63, 3.8) is 0 Å². The molecule has 0 radical (unpaired) electrons. The zero-order valence-electron chi connectivity index (χ0n) is 16.1. The molecule has 0 aromatic heterocycles. The van der Waals surface area contributed by atoms with Crippen molar-refractivity contribution in [3.05, 3.63) is 64.7 Å². The van der Waals surface area contributed by atoms with Crippen LogP contribution in [0, 0.1) is 0 Å². The highest BCUT2D eigenvalue weighted by atomic mass is 16.5. The van der Waals surface area contributed by atoms with Gasteiger partial charge in [-0.05, 0) is 60.1 Å². The third-order valence-corrected chi connectivity index (χ3v) is 5.47. The van der Waals surface area contributed by atoms with Crippen LogP contribution in [0.25, 0.3) is 0 Å². The molecule has 1 heterocycles. The first kappa shape index (κ1) is 18.5. The van der Waals surface area contributed by atoms with Crippen molar-refractivity contribution in [2.45, 2.75) is 45.2 Å². The van der Waals surface area contributed by atoms with E-state index in [-0.39, 0.29) is 18.4 Å². The maximum Gasteiger partial charge on any atom is 0.258 e. The molecule has 1 aliphatic heterocycles. The fourth-order valence-electron chi connectivity index (χ4n) is 3.97. The van der Waals surface area contributed by atoms with E-state index in [1.165, 1.54) is 17.5 Å². The monoisotopic (exact) mass is 378 g/mol. The average Bonchev–Trinajstić information content (AvgIpc) is 3.33. The van der Waals surface area contributed by atoms with Gasteiger partial charge in [0.05, 0.1) is 0 Å². The molecule has 4 rings (SSSR count). The van der Waals surface area contributed by atoms with Crippen molar-refractivity contribution in [1.82, 2.24) is 10.2 Å². The van der Waals surface area contributed by atoms with Crippen LogP contribution < -0.4 is 10.1 Å². The van der Waals surface area contributed by atoms with Gasteiger partial charge in [0.2, 0.25) is 5.91 Å². The molecule has 1 fully saturated rings. The Morgan fingerprint density at radius 2 is 1.86 bits per heavy atom. The molecule has 146 valence electrons. The van der Waals surface area contributed by atoms with Gasteiger partial charge >= 0.3 is 0 Å². The molecule has 0 atom stereocenters. The van der Waals surface area contributed by atoms with E-state index in [9.17, 15) is 9.59 Å². The van der Waals surface area contributed by atoms with E-state index in [4.69, 9.17) is 4.74 Å². The van der Waals surface area contributed by atoms with Gasteiger partial charge in [0, 0.05) is 26.1 Å². The first-order valence-electron chi connectivity index (χ1n) is 10.0. The number of nitrogens with one attached hydrogen (secondary N) is 1. The number of amides is 2. The number of likely N-dealkylation sites (tertiary alicyclic amines) is 1. The molecular weight excluding hydrogens is 352 g/mol. The topological polar surface area (TPSA) is 58.6 Å². The molecule has 1 N–H and O–H groups in total. The van der Waals surface area contributed by atoms with Crippen molar-refractivity contribution in [3.8, 4) is 5.75 Å². The number of benzene rings is 2. The van der Waals surface area contributed by atoms with E-state index in [1.54, 1.807) is 0 Å². The summed E-state index contributed by atoms with van der Waals surface area (Å²) in [6, 6.07) is 14.1. The Morgan fingerprint density at radius 1 is 1.00 bits per heavy atom. The first-order valence-corrected chi connectivity index (χ1v) is 10.0. The van der Waals surface area contributed by atoms with Gasteiger partial charge < -0.3 is 15.0 Å². The van der Waals surface area contributed by atoms with Gasteiger partial charge in [-0.25, -0.2) is 0 Å². The van der Waals surface area contributed by atoms with Crippen molar-refractivity contribution in [1.29, 1.82) is 0 Å². The molecule has 0 bridgehead atoms. The molecule has 5 heteroatoms. The second kappa shape index (κ2) is 8.46. The molecule has 2 aromatic rings. The van der Waals surface area contributed by atoms with Crippen molar-refractivity contribution in [2.24, 2.45) is 0 Å². The third-order valence-electron chi connectivity index (χ3n) is 5.47. The quantitative estimate of drug-likeness (QED) is 0.806. The predicted molar refractivity (Wildman–Crippen MR) is 107 cm³/mol. The van der Waals surface area contributed by atoms with Crippen LogP contribution in [-0.2, 0) is 35.5 Å². The van der Waals surface area contributed by atoms with Crippen LogP contribution in [0.3, 0.4) is 0 Å². The van der Waals surface area contributed by atoms with Gasteiger partial charge in [-0.2, -0.15) is 0 Å². The number of aryl methyl sites for hydroxylation is 2. The van der Waals surface area contributed by atoms with Gasteiger partial charge in [-0.15, -0.1) is 0 Å². The van der Waals surface area contributed by atoms with Crippen LogP contribution in [0.1, 0.15) is 41.5 Å². The summed E-state index contributed by atoms with van der Waals surface area (Å²) in [5.41, 5.74) is 4.85. The second-order valence-corrected chi connectivity index (χ2v) is 7.59. The summed E-state index contributed by atoms with van der Waals surface area (Å²) < 4.78 is 5.65. The van der Waals surface area contributed by atoms with Gasteiger partial charge in [0.15, 0.2) is 6.61 Å². The molecule has 2 aliphatic rings. The molecule has 28 heavy (non-hydrogen) atoms. The lowest BCUT2D eigenvalue weighted by molar-refractivity contribution is -0.128. The van der Waals surface area contributed by atoms with E-state index in [0.717, 1.165) is 42.7 Å². The fourth-order valence-corrected chi connectivity index (χ4v) is 3.97. The van der Waals surface area contributed by atoms with Gasteiger partial charge in [-0.3, -0.25) is 9.59 Å². The Kier molecular flexibility index (Phi) is 5.60. The van der Waals surface area contributed by atoms with Gasteiger partial charge in [-0.1, -0.05) is 30.3 Å². The number of carbonyl (C=O) groups excluding carboxylic acids is 2. The Bertz CT molecular complexity index is 878. The SMILES string of the molecule is O=C(COc1ccc2c(c1)CCC2)NCc1cccc(CN2CCCC2=O)c1. The molecular formula is C23H26N2O3. The highest BCUT2D eigenvalue weighted by Gasteiger charge is 2.20. The number of nitrogens with zero attached hydrogens (tertiary/aromatic N) is 1. The fraction of sp³-hybridized carbons (Fsp3) is 0.391. The number of hydrogen-bond donors (Lipinski definition) is 1. The van der Waals surface area contributed by atoms with Crippen molar-refractivity contribution < 1.29 is 14.3 Å². The predicted octanol–water partition coefficient (Wildman–Crippen LogP) is 2.99. The molecule has 2 amide bonds. The lowest BCUT2D eigenvalue weighted by Gasteiger charge is -2.16. The number of ether oxygens (including phenoxy) is 1. The van der Waals surface area contributed by atoms with Gasteiger partial charge in [0.25, 0.3) is 5.91 Å². The number of fused-ring (bicyclic) bond motifs is 1. The Morgan fingerprint density at radius 3 is 2.71 bits per heavy atom. The maximum absolute atomic E-state index is 12.1. The summed E-state index contributed by atoms with van der Waals surface area (Å²) in [4.78, 5) is 25.8. The number of carbonyl (C=O) groups is 2. The van der Waals surface area contributed by atoms with Crippen LogP contribution in [0.5, 0.6) is 5.75 Å². The minimum atomic E-state index is -0.138. The normalized spacial score (nSPS) is 15.6. The molecule has 0 spiro atoms. The largest absolute Gasteiger partial charge is 0.484 e. The van der Waals surface area contributed by atoms with E-state index in [2.05, 4.69) is 17.4 Å². The molecule has 0 unspecified atom stereocenters. The summed E-state index contributed by atoms with van der Waals surface area (Å²) in [5.74, 6) is 0.844. The van der Waals surface area contributed by atoms with Crippen LogP contribution >= 0.6 is 0 Å². The molecule has 1 saturated heterocycles. The summed E-state index contributed by atoms with van der Waals surface area (Å²) in [7, 11) is 0. The Hall–Kier alpha value is -2.82. The Labute approximate surface area is 165 Å². The van der Waals surface area contributed by atoms with E-state index in [1.807, 2.05) is 35.2 Å².